The van der Waals surface area contributed by atoms with Crippen molar-refractivity contribution in [2.24, 2.45) is 0 Å². The van der Waals surface area contributed by atoms with Gasteiger partial charge >= 0.3 is 0 Å². The summed E-state index contributed by atoms with van der Waals surface area (Å²) >= 11 is 0. The topological polar surface area (TPSA) is 58.6 Å². The Labute approximate surface area is 115 Å². The van der Waals surface area contributed by atoms with Crippen LogP contribution in [0.25, 0.3) is 0 Å². The zero-order valence-electron chi connectivity index (χ0n) is 13.4. The minimum Gasteiger partial charge on any atom is -0.208 e. The average Bonchev–Trinajstić information content (AvgIpc) is 2.11. The minimum atomic E-state index is -0.547. The second-order valence-electron chi connectivity index (χ2n) is 7.03. The highest BCUT2D eigenvalue weighted by molar-refractivity contribution is 4.55. The molecule has 19 heavy (non-hydrogen) atoms. The van der Waals surface area contributed by atoms with Gasteiger partial charge in [-0.15, -0.1) is 0 Å². The van der Waals surface area contributed by atoms with Gasteiger partial charge in [-0.3, -0.25) is 0 Å². The molecule has 0 aromatic heterocycles. The molecule has 0 rings (SSSR count). The van der Waals surface area contributed by atoms with Gasteiger partial charge in [-0.25, -0.2) is 14.7 Å². The average molecular weight is 281 g/mol. The number of hydrogen-bond donors (Lipinski definition) is 0. The van der Waals surface area contributed by atoms with Crippen molar-refractivity contribution in [2.45, 2.75) is 79.1 Å². The van der Waals surface area contributed by atoms with Crippen molar-refractivity contribution in [3.63, 3.8) is 0 Å². The molecule has 0 fully saturated rings. The van der Waals surface area contributed by atoms with Crippen molar-refractivity contribution in [1.29, 1.82) is 0 Å². The lowest BCUT2D eigenvalue weighted by atomic mass is 10.2. The second-order valence-corrected chi connectivity index (χ2v) is 7.03. The Bertz CT molecular complexity index is 208. The van der Waals surface area contributed by atoms with Crippen molar-refractivity contribution in [3.8, 4) is 0 Å². The molecule has 0 aliphatic carbocycles. The normalized spacial score (nSPS) is 14.2. The molecule has 0 unspecified atom stereocenters. The van der Waals surface area contributed by atoms with Gasteiger partial charge in [0.05, 0.1) is 16.8 Å². The Hall–Kier alpha value is -0.280. The van der Waals surface area contributed by atoms with Crippen LogP contribution in [0.3, 0.4) is 0 Å². The highest BCUT2D eigenvalue weighted by Crippen LogP contribution is 2.15. The molecule has 0 atom stereocenters. The van der Waals surface area contributed by atoms with Crippen LogP contribution in [0.4, 0.5) is 0 Å². The van der Waals surface area contributed by atoms with Gasteiger partial charge in [0.25, 0.3) is 0 Å². The van der Waals surface area contributed by atoms with Crippen LogP contribution in [-0.4, -0.2) is 22.2 Å². The highest BCUT2D eigenvalue weighted by Gasteiger charge is 2.24. The lowest BCUT2D eigenvalue weighted by Crippen LogP contribution is -2.35. The van der Waals surface area contributed by atoms with E-state index in [2.05, 4.69) is 0 Å². The van der Waals surface area contributed by atoms with Crippen LogP contribution in [0.1, 0.15) is 62.3 Å². The Balaban J connectivity index is 4.30. The van der Waals surface area contributed by atoms with Crippen LogP contribution in [0.15, 0.2) is 0 Å². The Morgan fingerprint density at radius 3 is 0.842 bits per heavy atom. The Kier molecular flexibility index (Phi) is 6.84. The lowest BCUT2D eigenvalue weighted by Gasteiger charge is -2.26. The summed E-state index contributed by atoms with van der Waals surface area (Å²) in [4.78, 5) is 29.6. The summed E-state index contributed by atoms with van der Waals surface area (Å²) in [6, 6.07) is 0. The fourth-order valence-corrected chi connectivity index (χ4v) is 0.464. The number of rotatable bonds is 6. The second kappa shape index (κ2) is 6.94. The third-order valence-electron chi connectivity index (χ3n) is 1.04. The summed E-state index contributed by atoms with van der Waals surface area (Å²) in [7, 11) is 0. The van der Waals surface area contributed by atoms with Crippen LogP contribution in [-0.2, 0) is 29.6 Å². The van der Waals surface area contributed by atoms with Crippen LogP contribution in [0, 0.1) is 0 Å². The third kappa shape index (κ3) is 13.9. The van der Waals surface area contributed by atoms with E-state index in [4.69, 9.17) is 29.6 Å². The SMILES string of the molecule is CC(C)(C)OON(OOC(C)(C)C)OOC(C)(C)C. The van der Waals surface area contributed by atoms with E-state index in [1.54, 1.807) is 62.3 Å². The van der Waals surface area contributed by atoms with Gasteiger partial charge in [-0.2, -0.15) is 0 Å². The predicted octanol–water partition coefficient (Wildman–Crippen LogP) is 3.27. The Morgan fingerprint density at radius 1 is 0.474 bits per heavy atom. The third-order valence-corrected chi connectivity index (χ3v) is 1.04. The molecule has 0 aliphatic heterocycles. The molecule has 0 saturated carbocycles. The molecule has 7 nitrogen and oxygen atoms in total. The van der Waals surface area contributed by atoms with Crippen LogP contribution in [0.2, 0.25) is 0 Å². The largest absolute Gasteiger partial charge is 0.208 e. The summed E-state index contributed by atoms with van der Waals surface area (Å²) < 4.78 is 0. The molecule has 0 heterocycles. The molecular formula is C12H27NO6. The first-order valence-corrected chi connectivity index (χ1v) is 6.16. The Morgan fingerprint density at radius 2 is 0.684 bits per heavy atom. The first kappa shape index (κ1) is 18.7. The summed E-state index contributed by atoms with van der Waals surface area (Å²) in [6.45, 7) is 16.3. The molecule has 0 aromatic carbocycles. The van der Waals surface area contributed by atoms with E-state index in [1.165, 1.54) is 0 Å². The van der Waals surface area contributed by atoms with E-state index in [0.717, 1.165) is 0 Å². The highest BCUT2D eigenvalue weighted by atomic mass is 17.6. The molecule has 0 aromatic rings. The molecular weight excluding hydrogens is 254 g/mol. The monoisotopic (exact) mass is 281 g/mol. The summed E-state index contributed by atoms with van der Waals surface area (Å²) in [6.07, 6.45) is 0. The molecule has 116 valence electrons. The molecule has 7 heteroatoms. The first-order valence-electron chi connectivity index (χ1n) is 6.16. The van der Waals surface area contributed by atoms with Gasteiger partial charge in [-0.1, -0.05) is 15.0 Å². The fraction of sp³-hybridized carbons (Fsp3) is 1.00. The lowest BCUT2D eigenvalue weighted by molar-refractivity contribution is -0.757. The van der Waals surface area contributed by atoms with Gasteiger partial charge in [-0.05, 0) is 62.3 Å². The van der Waals surface area contributed by atoms with Crippen LogP contribution >= 0.6 is 0 Å². The van der Waals surface area contributed by atoms with E-state index < -0.39 is 16.8 Å². The maximum absolute atomic E-state index is 5.04. The van der Waals surface area contributed by atoms with E-state index in [-0.39, 0.29) is 0 Å². The molecule has 0 amide bonds. The van der Waals surface area contributed by atoms with E-state index >= 15 is 0 Å². The number of nitrogens with zero attached hydrogens (tertiary/aromatic N) is 1. The maximum atomic E-state index is 5.04. The van der Waals surface area contributed by atoms with Gasteiger partial charge in [0.1, 0.15) is 0 Å². The quantitative estimate of drug-likeness (QED) is 0.547. The van der Waals surface area contributed by atoms with E-state index in [9.17, 15) is 0 Å². The van der Waals surface area contributed by atoms with E-state index in [0.29, 0.717) is 5.39 Å². The first-order chi connectivity index (χ1) is 8.29. The van der Waals surface area contributed by atoms with Crippen molar-refractivity contribution in [2.75, 3.05) is 0 Å². The zero-order valence-corrected chi connectivity index (χ0v) is 13.4. The van der Waals surface area contributed by atoms with Crippen LogP contribution < -0.4 is 0 Å². The van der Waals surface area contributed by atoms with Crippen molar-refractivity contribution in [3.05, 3.63) is 0 Å². The predicted molar refractivity (Wildman–Crippen MR) is 67.6 cm³/mol. The van der Waals surface area contributed by atoms with Crippen molar-refractivity contribution < 1.29 is 29.6 Å². The van der Waals surface area contributed by atoms with Crippen LogP contribution in [0.5, 0.6) is 0 Å². The van der Waals surface area contributed by atoms with E-state index in [1.807, 2.05) is 0 Å². The number of hydrogen-bond acceptors (Lipinski definition) is 7. The zero-order chi connectivity index (χ0) is 15.3. The summed E-state index contributed by atoms with van der Waals surface area (Å²) in [5.74, 6) is 0. The molecule has 0 bridgehead atoms. The molecule has 0 spiro atoms. The van der Waals surface area contributed by atoms with Gasteiger partial charge < -0.3 is 0 Å². The van der Waals surface area contributed by atoms with Crippen molar-refractivity contribution >= 4 is 0 Å². The maximum Gasteiger partial charge on any atom is 0.166 e. The molecule has 0 radical (unpaired) electrons. The van der Waals surface area contributed by atoms with Gasteiger partial charge in [0.2, 0.25) is 0 Å². The van der Waals surface area contributed by atoms with Gasteiger partial charge in [0.15, 0.2) is 5.39 Å². The van der Waals surface area contributed by atoms with Crippen molar-refractivity contribution in [1.82, 2.24) is 5.39 Å². The molecule has 0 aliphatic rings. The smallest absolute Gasteiger partial charge is 0.166 e. The molecule has 0 saturated heterocycles. The minimum absolute atomic E-state index is 0.516. The standard InChI is InChI=1S/C12H27NO6/c1-10(2,3)14-17-13(18-15-11(4,5)6)19-16-12(7,8)9/h1-9H3. The van der Waals surface area contributed by atoms with Gasteiger partial charge in [0, 0.05) is 0 Å². The summed E-state index contributed by atoms with van der Waals surface area (Å²) in [5, 5.41) is 0.516. The summed E-state index contributed by atoms with van der Waals surface area (Å²) in [5.41, 5.74) is -1.64. The fourth-order valence-electron chi connectivity index (χ4n) is 0.464. The molecule has 0 N–H and O–H groups in total.